The molecule has 11 heavy (non-hydrogen) atoms. The number of carboxylic acids is 1. The van der Waals surface area contributed by atoms with Crippen molar-refractivity contribution in [1.29, 1.82) is 0 Å². The Morgan fingerprint density at radius 1 is 1.64 bits per heavy atom. The maximum atomic E-state index is 10.5. The third kappa shape index (κ3) is 0.744. The van der Waals surface area contributed by atoms with E-state index in [4.69, 9.17) is 0 Å². The van der Waals surface area contributed by atoms with Gasteiger partial charge in [0, 0.05) is 5.92 Å². The number of rotatable bonds is 1. The van der Waals surface area contributed by atoms with Crippen molar-refractivity contribution in [2.24, 2.45) is 11.8 Å². The first-order chi connectivity index (χ1) is 5.13. The van der Waals surface area contributed by atoms with Gasteiger partial charge in [-0.1, -0.05) is 12.2 Å². The Kier molecular flexibility index (Phi) is 1.16. The van der Waals surface area contributed by atoms with Crippen LogP contribution in [0.2, 0.25) is 0 Å². The largest absolute Gasteiger partial charge is 0.547 e. The van der Waals surface area contributed by atoms with Crippen molar-refractivity contribution in [2.45, 2.75) is 18.4 Å². The van der Waals surface area contributed by atoms with E-state index in [1.165, 1.54) is 0 Å². The van der Waals surface area contributed by atoms with Crippen molar-refractivity contribution in [2.75, 3.05) is 0 Å². The first-order valence-electron chi connectivity index (χ1n) is 3.75. The predicted molar refractivity (Wildman–Crippen MR) is 35.3 cm³/mol. The molecule has 1 N–H and O–H groups in total. The molecule has 2 bridgehead atoms. The van der Waals surface area contributed by atoms with Gasteiger partial charge in [-0.2, -0.15) is 0 Å². The Morgan fingerprint density at radius 3 is 2.64 bits per heavy atom. The average Bonchev–Trinajstić information content (AvgIpc) is 2.45. The molecule has 0 amide bonds. The number of carbonyl (C=O) groups is 1. The van der Waals surface area contributed by atoms with Gasteiger partial charge in [-0.3, -0.25) is 0 Å². The van der Waals surface area contributed by atoms with Gasteiger partial charge in [0.2, 0.25) is 0 Å². The van der Waals surface area contributed by atoms with E-state index in [1.807, 2.05) is 6.08 Å². The highest BCUT2D eigenvalue weighted by molar-refractivity contribution is 5.77. The van der Waals surface area contributed by atoms with E-state index in [0.29, 0.717) is 6.42 Å². The molecule has 0 heterocycles. The quantitative estimate of drug-likeness (QED) is 0.495. The molecular weight excluding hydrogens is 144 g/mol. The van der Waals surface area contributed by atoms with Crippen LogP contribution in [-0.4, -0.2) is 16.7 Å². The number of aliphatic carboxylic acids is 1. The van der Waals surface area contributed by atoms with E-state index in [1.54, 1.807) is 6.08 Å². The predicted octanol–water partition coefficient (Wildman–Crippen LogP) is -0.937. The molecule has 0 unspecified atom stereocenters. The number of allylic oxidation sites excluding steroid dienone is 1. The first-order valence-corrected chi connectivity index (χ1v) is 3.75. The van der Waals surface area contributed by atoms with Gasteiger partial charge in [-0.25, -0.2) is 0 Å². The third-order valence-electron chi connectivity index (χ3n) is 2.71. The molecule has 2 aliphatic carbocycles. The summed E-state index contributed by atoms with van der Waals surface area (Å²) in [7, 11) is 0. The molecule has 0 aromatic carbocycles. The Hall–Kier alpha value is -0.830. The van der Waals surface area contributed by atoms with Crippen molar-refractivity contribution in [1.82, 2.24) is 0 Å². The number of aliphatic hydroxyl groups is 1. The van der Waals surface area contributed by atoms with Crippen LogP contribution >= 0.6 is 0 Å². The van der Waals surface area contributed by atoms with E-state index >= 15 is 0 Å². The minimum Gasteiger partial charge on any atom is -0.547 e. The normalized spacial score (nSPS) is 46.6. The van der Waals surface area contributed by atoms with Crippen LogP contribution in [0.4, 0.5) is 0 Å². The molecule has 2 aliphatic rings. The smallest absolute Gasteiger partial charge is 0.111 e. The van der Waals surface area contributed by atoms with E-state index in [9.17, 15) is 15.0 Å². The Labute approximate surface area is 64.3 Å². The zero-order valence-corrected chi connectivity index (χ0v) is 5.99. The fourth-order valence-electron chi connectivity index (χ4n) is 2.07. The molecule has 1 fully saturated rings. The van der Waals surface area contributed by atoms with Crippen LogP contribution < -0.4 is 5.11 Å². The van der Waals surface area contributed by atoms with Crippen molar-refractivity contribution < 1.29 is 15.0 Å². The zero-order chi connectivity index (χ0) is 8.06. The van der Waals surface area contributed by atoms with E-state index in [0.717, 1.165) is 6.42 Å². The summed E-state index contributed by atoms with van der Waals surface area (Å²) in [6.45, 7) is 0. The van der Waals surface area contributed by atoms with Gasteiger partial charge in [0.05, 0.1) is 5.97 Å². The van der Waals surface area contributed by atoms with E-state index in [-0.39, 0.29) is 11.8 Å². The Morgan fingerprint density at radius 2 is 2.36 bits per heavy atom. The van der Waals surface area contributed by atoms with Crippen LogP contribution in [0.25, 0.3) is 0 Å². The number of carboxylic acid groups (broad SMARTS) is 1. The van der Waals surface area contributed by atoms with Crippen LogP contribution in [-0.2, 0) is 4.79 Å². The number of hydrogen-bond donors (Lipinski definition) is 1. The molecule has 3 atom stereocenters. The van der Waals surface area contributed by atoms with Crippen molar-refractivity contribution >= 4 is 5.97 Å². The molecule has 0 spiro atoms. The molecule has 3 nitrogen and oxygen atoms in total. The lowest BCUT2D eigenvalue weighted by Gasteiger charge is -2.30. The summed E-state index contributed by atoms with van der Waals surface area (Å²) in [4.78, 5) is 10.5. The van der Waals surface area contributed by atoms with Crippen LogP contribution in [0.15, 0.2) is 12.2 Å². The highest BCUT2D eigenvalue weighted by Gasteiger charge is 2.48. The maximum absolute atomic E-state index is 10.5. The first kappa shape index (κ1) is 6.85. The van der Waals surface area contributed by atoms with Gasteiger partial charge in [0.25, 0.3) is 0 Å². The van der Waals surface area contributed by atoms with Gasteiger partial charge < -0.3 is 15.0 Å². The summed E-state index contributed by atoms with van der Waals surface area (Å²) in [6, 6.07) is 0. The van der Waals surface area contributed by atoms with Gasteiger partial charge in [0.1, 0.15) is 5.60 Å². The molecule has 1 saturated carbocycles. The highest BCUT2D eigenvalue weighted by atomic mass is 16.4. The molecule has 0 aromatic rings. The minimum absolute atomic E-state index is 0.211. The minimum atomic E-state index is -1.57. The lowest BCUT2D eigenvalue weighted by atomic mass is 9.89. The maximum Gasteiger partial charge on any atom is 0.111 e. The Balaban J connectivity index is 2.30. The van der Waals surface area contributed by atoms with Crippen LogP contribution in [0.1, 0.15) is 12.8 Å². The summed E-state index contributed by atoms with van der Waals surface area (Å²) in [5.41, 5.74) is -1.57. The molecule has 3 heteroatoms. The third-order valence-corrected chi connectivity index (χ3v) is 2.71. The molecule has 0 saturated heterocycles. The van der Waals surface area contributed by atoms with Crippen molar-refractivity contribution in [3.63, 3.8) is 0 Å². The van der Waals surface area contributed by atoms with Gasteiger partial charge >= 0.3 is 0 Å². The van der Waals surface area contributed by atoms with Crippen LogP contribution in [0, 0.1) is 11.8 Å². The van der Waals surface area contributed by atoms with Gasteiger partial charge in [-0.15, -0.1) is 0 Å². The molecule has 0 aliphatic heterocycles. The monoisotopic (exact) mass is 153 g/mol. The topological polar surface area (TPSA) is 60.4 Å². The van der Waals surface area contributed by atoms with Gasteiger partial charge in [-0.05, 0) is 18.8 Å². The summed E-state index contributed by atoms with van der Waals surface area (Å²) in [5.74, 6) is -1.28. The standard InChI is InChI=1S/C8H10O3/c9-7(10)8(11)4-5-1-2-6(8)3-5/h1-2,5-6,11H,3-4H2,(H,9,10)/p-1/t5-,6-,8+/m1/s1. The zero-order valence-electron chi connectivity index (χ0n) is 5.99. The van der Waals surface area contributed by atoms with Crippen LogP contribution in [0.5, 0.6) is 0 Å². The molecular formula is C8H9O3-. The summed E-state index contributed by atoms with van der Waals surface area (Å²) < 4.78 is 0. The summed E-state index contributed by atoms with van der Waals surface area (Å²) >= 11 is 0. The van der Waals surface area contributed by atoms with Crippen LogP contribution in [0.3, 0.4) is 0 Å². The molecule has 2 rings (SSSR count). The van der Waals surface area contributed by atoms with E-state index < -0.39 is 11.6 Å². The summed E-state index contributed by atoms with van der Waals surface area (Å²) in [5, 5.41) is 20.1. The fourth-order valence-corrected chi connectivity index (χ4v) is 2.07. The second-order valence-electron chi connectivity index (χ2n) is 3.40. The average molecular weight is 153 g/mol. The molecule has 60 valence electrons. The van der Waals surface area contributed by atoms with Crippen molar-refractivity contribution in [3.8, 4) is 0 Å². The van der Waals surface area contributed by atoms with Gasteiger partial charge in [0.15, 0.2) is 0 Å². The van der Waals surface area contributed by atoms with E-state index in [2.05, 4.69) is 0 Å². The molecule has 0 radical (unpaired) electrons. The van der Waals surface area contributed by atoms with Crippen molar-refractivity contribution in [3.05, 3.63) is 12.2 Å². The molecule has 0 aromatic heterocycles. The Bertz CT molecular complexity index is 233. The lowest BCUT2D eigenvalue weighted by molar-refractivity contribution is -0.326. The second-order valence-corrected chi connectivity index (χ2v) is 3.40. The number of carbonyl (C=O) groups excluding carboxylic acids is 1. The number of hydrogen-bond acceptors (Lipinski definition) is 3. The lowest BCUT2D eigenvalue weighted by Crippen LogP contribution is -2.51. The highest BCUT2D eigenvalue weighted by Crippen LogP contribution is 2.45. The fraction of sp³-hybridized carbons (Fsp3) is 0.625. The second kappa shape index (κ2) is 1.85. The summed E-state index contributed by atoms with van der Waals surface area (Å²) in [6.07, 6.45) is 4.85. The SMILES string of the molecule is O=C([O-])[C@]1(O)C[C@@H]2C=C[C@@H]1C2. The number of fused-ring (bicyclic) bond motifs is 2.